The monoisotopic (exact) mass is 373 g/mol. The Kier molecular flexibility index (Phi) is 17.8. The first-order chi connectivity index (χ1) is 12.6. The molecule has 0 heterocycles. The molecule has 0 radical (unpaired) electrons. The summed E-state index contributed by atoms with van der Waals surface area (Å²) in [6.07, 6.45) is 15.2. The Morgan fingerprint density at radius 1 is 0.885 bits per heavy atom. The molecule has 0 aliphatic heterocycles. The highest BCUT2D eigenvalue weighted by Gasteiger charge is 2.21. The Bertz CT molecular complexity index is 349. The summed E-state index contributed by atoms with van der Waals surface area (Å²) in [6.45, 7) is 2.05. The molecule has 26 heavy (non-hydrogen) atoms. The minimum atomic E-state index is -0.980. The summed E-state index contributed by atoms with van der Waals surface area (Å²) in [5.41, 5.74) is 2.22. The number of aliphatic hydroxyl groups is 1. The van der Waals surface area contributed by atoms with E-state index in [-0.39, 0.29) is 19.6 Å². The highest BCUT2D eigenvalue weighted by atomic mass is 16.7. The second kappa shape index (κ2) is 18.6. The molecule has 0 fully saturated rings. The van der Waals surface area contributed by atoms with Gasteiger partial charge in [-0.2, -0.15) is 0 Å². The fourth-order valence-electron chi connectivity index (χ4n) is 3.02. The summed E-state index contributed by atoms with van der Waals surface area (Å²) >= 11 is 0. The molecule has 0 bridgehead atoms. The van der Waals surface area contributed by atoms with Crippen molar-refractivity contribution in [3.05, 3.63) is 0 Å². The molecule has 0 saturated carbocycles. The van der Waals surface area contributed by atoms with Crippen LogP contribution in [0.2, 0.25) is 0 Å². The van der Waals surface area contributed by atoms with E-state index in [0.29, 0.717) is 6.42 Å². The number of nitrogens with one attached hydrogen (secondary N) is 1. The molecule has 1 atom stereocenters. The third-order valence-corrected chi connectivity index (χ3v) is 4.56. The first kappa shape index (κ1) is 24.9. The Morgan fingerprint density at radius 3 is 1.85 bits per heavy atom. The summed E-state index contributed by atoms with van der Waals surface area (Å²) < 4.78 is 0. The van der Waals surface area contributed by atoms with Crippen LogP contribution in [0.3, 0.4) is 0 Å². The summed E-state index contributed by atoms with van der Waals surface area (Å²) in [5.74, 6) is -1.97. The number of amides is 1. The zero-order valence-corrected chi connectivity index (χ0v) is 16.5. The lowest BCUT2D eigenvalue weighted by molar-refractivity contribution is -0.146. The van der Waals surface area contributed by atoms with E-state index in [1.807, 2.05) is 0 Å². The maximum absolute atomic E-state index is 11.9. The van der Waals surface area contributed by atoms with Gasteiger partial charge < -0.3 is 10.2 Å². The number of carbonyl (C=O) groups is 2. The Hall–Kier alpha value is -1.14. The number of carboxylic acids is 1. The van der Waals surface area contributed by atoms with Crippen LogP contribution in [0.25, 0.3) is 0 Å². The smallest absolute Gasteiger partial charge is 0.304 e. The predicted octanol–water partition coefficient (Wildman–Crippen LogP) is 4.21. The van der Waals surface area contributed by atoms with Crippen LogP contribution >= 0.6 is 0 Å². The van der Waals surface area contributed by atoms with Crippen LogP contribution in [-0.2, 0) is 14.4 Å². The first-order valence-electron chi connectivity index (χ1n) is 10.4. The van der Waals surface area contributed by atoms with Crippen LogP contribution in [0.1, 0.15) is 96.8 Å². The summed E-state index contributed by atoms with van der Waals surface area (Å²) in [7, 11) is 0. The van der Waals surface area contributed by atoms with Gasteiger partial charge in [0.25, 0.3) is 0 Å². The third-order valence-electron chi connectivity index (χ3n) is 4.56. The standard InChI is InChI=1S/C20H39NO5/c1-2-3-4-5-6-7-8-9-10-11-12-13-14-18(17-19(23)24)20(25)21-26-16-15-22/h18,22H,2-17H2,1H3,(H,21,25)(H,23,24). The second-order valence-corrected chi connectivity index (χ2v) is 7.01. The molecule has 6 heteroatoms. The van der Waals surface area contributed by atoms with Gasteiger partial charge in [0, 0.05) is 0 Å². The van der Waals surface area contributed by atoms with Crippen molar-refractivity contribution >= 4 is 11.9 Å². The van der Waals surface area contributed by atoms with Crippen molar-refractivity contribution in [1.82, 2.24) is 5.48 Å². The van der Waals surface area contributed by atoms with Gasteiger partial charge in [-0.25, -0.2) is 5.48 Å². The fraction of sp³-hybridized carbons (Fsp3) is 0.900. The van der Waals surface area contributed by atoms with Crippen LogP contribution in [-0.4, -0.2) is 35.3 Å². The van der Waals surface area contributed by atoms with Crippen molar-refractivity contribution in [1.29, 1.82) is 0 Å². The van der Waals surface area contributed by atoms with Crippen molar-refractivity contribution < 1.29 is 24.6 Å². The van der Waals surface area contributed by atoms with Crippen molar-refractivity contribution in [2.45, 2.75) is 96.8 Å². The number of hydrogen-bond acceptors (Lipinski definition) is 4. The highest BCUT2D eigenvalue weighted by molar-refractivity contribution is 5.82. The quantitative estimate of drug-likeness (QED) is 0.233. The van der Waals surface area contributed by atoms with E-state index in [4.69, 9.17) is 15.1 Å². The van der Waals surface area contributed by atoms with Gasteiger partial charge in [0.1, 0.15) is 0 Å². The van der Waals surface area contributed by atoms with Gasteiger partial charge in [0.05, 0.1) is 25.6 Å². The molecule has 0 saturated heterocycles. The van der Waals surface area contributed by atoms with E-state index in [1.54, 1.807) is 0 Å². The average Bonchev–Trinajstić information content (AvgIpc) is 2.61. The van der Waals surface area contributed by atoms with Gasteiger partial charge in [0.2, 0.25) is 5.91 Å². The molecule has 0 aromatic heterocycles. The first-order valence-corrected chi connectivity index (χ1v) is 10.4. The molecule has 0 rings (SSSR count). The summed E-state index contributed by atoms with van der Waals surface area (Å²) in [6, 6.07) is 0. The van der Waals surface area contributed by atoms with E-state index < -0.39 is 17.8 Å². The average molecular weight is 374 g/mol. The maximum Gasteiger partial charge on any atom is 0.304 e. The van der Waals surface area contributed by atoms with Crippen molar-refractivity contribution in [3.63, 3.8) is 0 Å². The maximum atomic E-state index is 11.9. The van der Waals surface area contributed by atoms with Crippen LogP contribution in [0.4, 0.5) is 0 Å². The normalized spacial score (nSPS) is 12.1. The molecule has 3 N–H and O–H groups in total. The molecule has 0 aromatic rings. The van der Waals surface area contributed by atoms with Crippen LogP contribution in [0.5, 0.6) is 0 Å². The van der Waals surface area contributed by atoms with E-state index in [1.165, 1.54) is 57.8 Å². The fourth-order valence-corrected chi connectivity index (χ4v) is 3.02. The van der Waals surface area contributed by atoms with Gasteiger partial charge in [-0.05, 0) is 6.42 Å². The van der Waals surface area contributed by atoms with Gasteiger partial charge in [-0.1, -0.05) is 84.0 Å². The molecule has 6 nitrogen and oxygen atoms in total. The van der Waals surface area contributed by atoms with Crippen LogP contribution in [0.15, 0.2) is 0 Å². The Morgan fingerprint density at radius 2 is 1.38 bits per heavy atom. The van der Waals surface area contributed by atoms with Crippen molar-refractivity contribution in [3.8, 4) is 0 Å². The number of unbranched alkanes of at least 4 members (excludes halogenated alkanes) is 11. The van der Waals surface area contributed by atoms with E-state index >= 15 is 0 Å². The minimum absolute atomic E-state index is 0.00410. The molecule has 1 amide bonds. The van der Waals surface area contributed by atoms with Crippen LogP contribution < -0.4 is 5.48 Å². The number of hydrogen-bond donors (Lipinski definition) is 3. The summed E-state index contributed by atoms with van der Waals surface area (Å²) in [5, 5.41) is 17.6. The molecule has 0 spiro atoms. The largest absolute Gasteiger partial charge is 0.481 e. The van der Waals surface area contributed by atoms with Gasteiger partial charge in [-0.15, -0.1) is 0 Å². The summed E-state index contributed by atoms with van der Waals surface area (Å²) in [4.78, 5) is 27.6. The molecular weight excluding hydrogens is 334 g/mol. The lowest BCUT2D eigenvalue weighted by Gasteiger charge is -2.14. The lowest BCUT2D eigenvalue weighted by atomic mass is 9.96. The van der Waals surface area contributed by atoms with E-state index in [9.17, 15) is 9.59 Å². The topological polar surface area (TPSA) is 95.9 Å². The predicted molar refractivity (Wildman–Crippen MR) is 103 cm³/mol. The number of rotatable bonds is 19. The van der Waals surface area contributed by atoms with Crippen molar-refractivity contribution in [2.24, 2.45) is 5.92 Å². The Balaban J connectivity index is 3.66. The van der Waals surface area contributed by atoms with Gasteiger partial charge in [0.15, 0.2) is 0 Å². The molecule has 1 unspecified atom stereocenters. The number of aliphatic hydroxyl groups excluding tert-OH is 1. The number of carbonyl (C=O) groups excluding carboxylic acids is 1. The van der Waals surface area contributed by atoms with Gasteiger partial charge in [-0.3, -0.25) is 14.4 Å². The molecule has 0 aromatic carbocycles. The van der Waals surface area contributed by atoms with E-state index in [2.05, 4.69) is 12.4 Å². The van der Waals surface area contributed by atoms with E-state index in [0.717, 1.165) is 19.3 Å². The number of aliphatic carboxylic acids is 1. The molecule has 0 aliphatic rings. The zero-order chi connectivity index (χ0) is 19.5. The number of carboxylic acid groups (broad SMARTS) is 1. The highest BCUT2D eigenvalue weighted by Crippen LogP contribution is 2.17. The number of hydroxylamine groups is 1. The van der Waals surface area contributed by atoms with Crippen molar-refractivity contribution in [2.75, 3.05) is 13.2 Å². The lowest BCUT2D eigenvalue weighted by Crippen LogP contribution is -2.33. The second-order valence-electron chi connectivity index (χ2n) is 7.01. The van der Waals surface area contributed by atoms with Crippen LogP contribution in [0, 0.1) is 5.92 Å². The zero-order valence-electron chi connectivity index (χ0n) is 16.5. The SMILES string of the molecule is CCCCCCCCCCCCCCC(CC(=O)O)C(=O)NOCCO. The van der Waals surface area contributed by atoms with Gasteiger partial charge >= 0.3 is 5.97 Å². The third kappa shape index (κ3) is 16.3. The molecule has 154 valence electrons. The molecule has 0 aliphatic carbocycles. The molecular formula is C20H39NO5. The Labute approximate surface area is 158 Å². The minimum Gasteiger partial charge on any atom is -0.481 e.